The number of carbonyl (C=O) groups excluding carboxylic acids is 2. The van der Waals surface area contributed by atoms with Gasteiger partial charge in [-0.1, -0.05) is 160 Å². The molecule has 2 atom stereocenters. The zero-order valence-electron chi connectivity index (χ0n) is 34.3. The van der Waals surface area contributed by atoms with Crippen molar-refractivity contribution in [3.63, 3.8) is 0 Å². The number of phosphoric ester groups is 1. The Balaban J connectivity index is 4.32. The van der Waals surface area contributed by atoms with E-state index in [0.717, 1.165) is 64.2 Å². The van der Waals surface area contributed by atoms with Gasteiger partial charge in [0.25, 0.3) is 0 Å². The van der Waals surface area contributed by atoms with Gasteiger partial charge in [-0.15, -0.1) is 0 Å². The summed E-state index contributed by atoms with van der Waals surface area (Å²) in [6.07, 6.45) is 57.5. The number of hydrogen-bond donors (Lipinski definition) is 3. The second-order valence-electron chi connectivity index (χ2n) is 12.7. The topological polar surface area (TPSA) is 140 Å². The smallest absolute Gasteiger partial charge is 0.462 e. The molecule has 0 amide bonds. The van der Waals surface area contributed by atoms with Crippen LogP contribution >= 0.6 is 7.82 Å². The van der Waals surface area contributed by atoms with Crippen molar-refractivity contribution in [3.05, 3.63) is 146 Å². The summed E-state index contributed by atoms with van der Waals surface area (Å²) < 4.78 is 26.2. The van der Waals surface area contributed by atoms with Gasteiger partial charge in [-0.25, -0.2) is 4.57 Å². The fourth-order valence-corrected chi connectivity index (χ4v) is 4.87. The molecule has 0 radical (unpaired) electrons. The molecule has 316 valence electrons. The summed E-state index contributed by atoms with van der Waals surface area (Å²) in [6, 6.07) is 0. The number of allylic oxidation sites excluding steroid dienone is 22. The first-order chi connectivity index (χ1) is 27.7. The highest BCUT2D eigenvalue weighted by Crippen LogP contribution is 2.35. The number of ether oxygens (including phenoxy) is 2. The van der Waals surface area contributed by atoms with Crippen molar-refractivity contribution in [1.29, 1.82) is 0 Å². The van der Waals surface area contributed by atoms with Gasteiger partial charge in [0.1, 0.15) is 6.61 Å². The largest absolute Gasteiger partial charge is 0.469 e. The fraction of sp³-hybridized carbons (Fsp3) is 0.447. The summed E-state index contributed by atoms with van der Waals surface area (Å²) in [6.45, 7) is 3.21. The van der Waals surface area contributed by atoms with Crippen LogP contribution in [0.4, 0.5) is 0 Å². The van der Waals surface area contributed by atoms with E-state index < -0.39 is 45.2 Å². The maximum Gasteiger partial charge on any atom is 0.469 e. The van der Waals surface area contributed by atoms with Gasteiger partial charge in [-0.3, -0.25) is 14.1 Å². The lowest BCUT2D eigenvalue weighted by atomic mass is 10.2. The molecule has 0 aromatic rings. The van der Waals surface area contributed by atoms with Crippen LogP contribution in [0.5, 0.6) is 0 Å². The molecule has 10 heteroatoms. The van der Waals surface area contributed by atoms with E-state index in [-0.39, 0.29) is 12.8 Å². The Morgan fingerprint density at radius 3 is 1.39 bits per heavy atom. The zero-order valence-corrected chi connectivity index (χ0v) is 35.2. The third kappa shape index (κ3) is 42.9. The first-order valence-corrected chi connectivity index (χ1v) is 21.8. The van der Waals surface area contributed by atoms with Crippen LogP contribution in [0.15, 0.2) is 146 Å². The zero-order chi connectivity index (χ0) is 41.9. The quantitative estimate of drug-likeness (QED) is 0.0251. The van der Waals surface area contributed by atoms with Crippen LogP contribution in [0.3, 0.4) is 0 Å². The van der Waals surface area contributed by atoms with Gasteiger partial charge in [-0.2, -0.15) is 0 Å². The Hall–Kier alpha value is -4.11. The molecule has 0 rings (SSSR count). The number of esters is 2. The van der Waals surface area contributed by atoms with Crippen molar-refractivity contribution in [2.75, 3.05) is 13.2 Å². The van der Waals surface area contributed by atoms with Gasteiger partial charge in [0, 0.05) is 12.8 Å². The predicted molar refractivity (Wildman–Crippen MR) is 235 cm³/mol. The average molecular weight is 809 g/mol. The molecule has 9 nitrogen and oxygen atoms in total. The molecule has 0 aliphatic heterocycles. The molecule has 1 unspecified atom stereocenters. The third-order valence-corrected chi connectivity index (χ3v) is 7.95. The first-order valence-electron chi connectivity index (χ1n) is 20.2. The Bertz CT molecular complexity index is 1430. The van der Waals surface area contributed by atoms with Crippen LogP contribution in [0.2, 0.25) is 0 Å². The number of aliphatic hydroxyl groups excluding tert-OH is 1. The van der Waals surface area contributed by atoms with Gasteiger partial charge in [-0.05, 0) is 83.5 Å². The van der Waals surface area contributed by atoms with Crippen molar-refractivity contribution in [3.8, 4) is 0 Å². The van der Waals surface area contributed by atoms with Crippen molar-refractivity contribution in [1.82, 2.24) is 0 Å². The summed E-state index contributed by atoms with van der Waals surface area (Å²) in [5.41, 5.74) is 0. The molecular weight excluding hydrogens is 739 g/mol. The monoisotopic (exact) mass is 808 g/mol. The third-order valence-electron chi connectivity index (χ3n) is 7.46. The normalized spacial score (nSPS) is 14.5. The molecule has 0 saturated heterocycles. The summed E-state index contributed by atoms with van der Waals surface area (Å²) >= 11 is 0. The highest BCUT2D eigenvalue weighted by Gasteiger charge is 2.22. The van der Waals surface area contributed by atoms with Crippen LogP contribution in [0, 0.1) is 0 Å². The Kier molecular flexibility index (Phi) is 37.2. The van der Waals surface area contributed by atoms with E-state index in [1.54, 1.807) is 24.3 Å². The van der Waals surface area contributed by atoms with E-state index in [9.17, 15) is 19.3 Å². The van der Waals surface area contributed by atoms with Gasteiger partial charge in [0.05, 0.1) is 12.7 Å². The second-order valence-corrected chi connectivity index (χ2v) is 13.9. The molecule has 0 saturated carbocycles. The van der Waals surface area contributed by atoms with Crippen LogP contribution in [0.1, 0.15) is 110 Å². The minimum absolute atomic E-state index is 0.0204. The molecule has 0 aromatic carbocycles. The van der Waals surface area contributed by atoms with E-state index in [4.69, 9.17) is 19.3 Å². The van der Waals surface area contributed by atoms with E-state index in [1.165, 1.54) is 0 Å². The van der Waals surface area contributed by atoms with E-state index in [0.29, 0.717) is 19.3 Å². The van der Waals surface area contributed by atoms with Gasteiger partial charge in [0.15, 0.2) is 6.10 Å². The molecule has 0 aliphatic rings. The Labute approximate surface area is 343 Å². The summed E-state index contributed by atoms with van der Waals surface area (Å²) in [5, 5.41) is 10.1. The second kappa shape index (κ2) is 40.1. The SMILES string of the molecule is CC/C=C\C/C=C\C/C=C\C/C=C\C=C/C(O)C/C=C\CCC(=O)O[C@H](COC(=O)CC/C=C\C/C=C\C/C=C\C/C=C\C/C=C\C/C=C\CC)COP(=O)(O)O. The molecule has 3 N–H and O–H groups in total. The number of carbonyl (C=O) groups is 2. The maximum atomic E-state index is 12.4. The van der Waals surface area contributed by atoms with Crippen LogP contribution in [-0.4, -0.2) is 52.3 Å². The van der Waals surface area contributed by atoms with Gasteiger partial charge < -0.3 is 24.4 Å². The molecule has 0 spiro atoms. The van der Waals surface area contributed by atoms with Crippen molar-refractivity contribution >= 4 is 19.8 Å². The van der Waals surface area contributed by atoms with Crippen molar-refractivity contribution in [2.45, 2.75) is 122 Å². The molecule has 0 bridgehead atoms. The van der Waals surface area contributed by atoms with Gasteiger partial charge in [0.2, 0.25) is 0 Å². The molecular formula is C47H69O9P. The lowest BCUT2D eigenvalue weighted by molar-refractivity contribution is -0.161. The van der Waals surface area contributed by atoms with Crippen molar-refractivity contribution < 1.29 is 43.0 Å². The Morgan fingerprint density at radius 1 is 0.526 bits per heavy atom. The predicted octanol–water partition coefficient (Wildman–Crippen LogP) is 11.5. The Morgan fingerprint density at radius 2 is 0.930 bits per heavy atom. The number of rotatable bonds is 34. The van der Waals surface area contributed by atoms with Crippen LogP contribution < -0.4 is 0 Å². The van der Waals surface area contributed by atoms with Crippen LogP contribution in [-0.2, 0) is 28.2 Å². The number of aliphatic hydroxyl groups is 1. The van der Waals surface area contributed by atoms with Crippen LogP contribution in [0.25, 0.3) is 0 Å². The summed E-state index contributed by atoms with van der Waals surface area (Å²) in [4.78, 5) is 42.8. The minimum Gasteiger partial charge on any atom is -0.462 e. The number of phosphoric acid groups is 1. The lowest BCUT2D eigenvalue weighted by Crippen LogP contribution is -2.29. The maximum absolute atomic E-state index is 12.4. The van der Waals surface area contributed by atoms with E-state index in [2.05, 4.69) is 116 Å². The average Bonchev–Trinajstić information content (AvgIpc) is 3.18. The molecule has 0 heterocycles. The molecule has 0 aliphatic carbocycles. The number of hydrogen-bond acceptors (Lipinski definition) is 7. The molecule has 0 fully saturated rings. The van der Waals surface area contributed by atoms with E-state index >= 15 is 0 Å². The highest BCUT2D eigenvalue weighted by molar-refractivity contribution is 7.46. The van der Waals surface area contributed by atoms with Gasteiger partial charge >= 0.3 is 19.8 Å². The first kappa shape index (κ1) is 52.9. The van der Waals surface area contributed by atoms with E-state index in [1.807, 2.05) is 24.3 Å². The molecule has 57 heavy (non-hydrogen) atoms. The van der Waals surface area contributed by atoms with Crippen molar-refractivity contribution in [2.24, 2.45) is 0 Å². The fourth-order valence-electron chi connectivity index (χ4n) is 4.51. The molecule has 0 aromatic heterocycles. The highest BCUT2D eigenvalue weighted by atomic mass is 31.2. The lowest BCUT2D eigenvalue weighted by Gasteiger charge is -2.18. The standard InChI is InChI=1S/C47H69O9P/c1-3-5-7-9-11-13-15-17-18-19-20-21-22-24-26-28-30-32-36-40-46(49)54-42-45(43-55-57(51,52)53)56-47(50)41-37-33-35-39-44(48)38-34-31-29-27-25-23-16-14-12-10-8-6-4-2/h5-8,11-14,17-18,20-21,23-26,29-35,38,44-45,48H,3-4,9-10,15-16,19,22,27-28,36-37,39-43H2,1-2H3,(H2,51,52,53)/b7-5-,8-6-,13-11-,14-12-,18-17-,21-20-,25-23-,26-24-,31-29-,32-30-,35-33-,38-34-/t44?,45-/m1/s1. The summed E-state index contributed by atoms with van der Waals surface area (Å²) in [5.74, 6) is -1.18. The summed E-state index contributed by atoms with van der Waals surface area (Å²) in [7, 11) is -4.83. The minimum atomic E-state index is -4.83.